The predicted octanol–water partition coefficient (Wildman–Crippen LogP) is 3.49. The van der Waals surface area contributed by atoms with Crippen molar-refractivity contribution in [2.75, 3.05) is 0 Å². The van der Waals surface area contributed by atoms with E-state index in [-0.39, 0.29) is 0 Å². The molecule has 0 aromatic heterocycles. The van der Waals surface area contributed by atoms with Crippen molar-refractivity contribution in [1.29, 1.82) is 0 Å². The Morgan fingerprint density at radius 1 is 0.700 bits per heavy atom. The molecule has 0 aromatic rings. The summed E-state index contributed by atoms with van der Waals surface area (Å²) in [7, 11) is 0. The third kappa shape index (κ3) is 2.72. The highest BCUT2D eigenvalue weighted by Crippen LogP contribution is 2.28. The summed E-state index contributed by atoms with van der Waals surface area (Å²) in [6.45, 7) is 13.4. The molecule has 0 heteroatoms. The fourth-order valence-corrected chi connectivity index (χ4v) is 1.00. The van der Waals surface area contributed by atoms with Gasteiger partial charge < -0.3 is 0 Å². The van der Waals surface area contributed by atoms with Gasteiger partial charge in [0.15, 0.2) is 0 Å². The van der Waals surface area contributed by atoms with Gasteiger partial charge in [0.05, 0.1) is 0 Å². The molecule has 0 spiro atoms. The summed E-state index contributed by atoms with van der Waals surface area (Å²) in [5.74, 6) is 4.55. The van der Waals surface area contributed by atoms with Gasteiger partial charge in [-0.3, -0.25) is 0 Å². The molecule has 0 nitrogen and oxygen atoms in total. The van der Waals surface area contributed by atoms with Crippen molar-refractivity contribution in [3.05, 3.63) is 11.8 Å². The molecule has 0 fully saturated rings. The maximum absolute atomic E-state index is 2.30. The molecule has 0 bridgehead atoms. The molecule has 0 aliphatic heterocycles. The normalized spacial score (nSPS) is 18.0. The van der Waals surface area contributed by atoms with Gasteiger partial charge in [-0.1, -0.05) is 41.5 Å². The molecule has 2 unspecified atom stereocenters. The summed E-state index contributed by atoms with van der Waals surface area (Å²) < 4.78 is 0. The SMILES string of the molecule is C[C](C)C(C)C(C)[C](C)C. The second-order valence-electron chi connectivity index (χ2n) is 3.73. The topological polar surface area (TPSA) is 0 Å². The van der Waals surface area contributed by atoms with Crippen LogP contribution in [-0.4, -0.2) is 0 Å². The van der Waals surface area contributed by atoms with Gasteiger partial charge in [0.25, 0.3) is 0 Å². The number of hydrogen-bond donors (Lipinski definition) is 0. The molecule has 0 amide bonds. The van der Waals surface area contributed by atoms with Gasteiger partial charge in [-0.2, -0.15) is 0 Å². The Balaban J connectivity index is 3.81. The Kier molecular flexibility index (Phi) is 4.00. The molecular formula is C10H20. The third-order valence-electron chi connectivity index (χ3n) is 2.57. The van der Waals surface area contributed by atoms with Crippen LogP contribution in [0.15, 0.2) is 0 Å². The van der Waals surface area contributed by atoms with Crippen molar-refractivity contribution in [3.63, 3.8) is 0 Å². The van der Waals surface area contributed by atoms with E-state index in [0.717, 1.165) is 11.8 Å². The molecule has 2 atom stereocenters. The molecule has 0 rings (SSSR count). The van der Waals surface area contributed by atoms with E-state index in [9.17, 15) is 0 Å². The summed E-state index contributed by atoms with van der Waals surface area (Å²) in [5.41, 5.74) is 0. The molecule has 0 saturated heterocycles. The first-order chi connectivity index (χ1) is 4.46. The van der Waals surface area contributed by atoms with Crippen LogP contribution in [0.1, 0.15) is 41.5 Å². The second-order valence-corrected chi connectivity index (χ2v) is 3.73. The zero-order chi connectivity index (χ0) is 8.31. The van der Waals surface area contributed by atoms with Crippen molar-refractivity contribution >= 4 is 0 Å². The summed E-state index contributed by atoms with van der Waals surface area (Å²) in [6.07, 6.45) is 0. The van der Waals surface area contributed by atoms with Gasteiger partial charge in [-0.05, 0) is 23.7 Å². The average Bonchev–Trinajstić information content (AvgIpc) is 1.84. The van der Waals surface area contributed by atoms with Crippen molar-refractivity contribution in [3.8, 4) is 0 Å². The van der Waals surface area contributed by atoms with Crippen LogP contribution in [0.25, 0.3) is 0 Å². The monoisotopic (exact) mass is 140 g/mol. The molecule has 0 aromatic carbocycles. The van der Waals surface area contributed by atoms with Gasteiger partial charge in [0.2, 0.25) is 0 Å². The second kappa shape index (κ2) is 4.00. The van der Waals surface area contributed by atoms with E-state index in [2.05, 4.69) is 41.5 Å². The molecule has 0 saturated carbocycles. The van der Waals surface area contributed by atoms with Crippen LogP contribution in [0.3, 0.4) is 0 Å². The molecule has 2 radical (unpaired) electrons. The quantitative estimate of drug-likeness (QED) is 0.563. The first-order valence-corrected chi connectivity index (χ1v) is 4.07. The molecule has 0 heterocycles. The van der Waals surface area contributed by atoms with Crippen molar-refractivity contribution in [1.82, 2.24) is 0 Å². The zero-order valence-electron chi connectivity index (χ0n) is 8.15. The fraction of sp³-hybridized carbons (Fsp3) is 0.800. The van der Waals surface area contributed by atoms with Crippen LogP contribution < -0.4 is 0 Å². The minimum atomic E-state index is 0.741. The highest BCUT2D eigenvalue weighted by Gasteiger charge is 2.18. The lowest BCUT2D eigenvalue weighted by Gasteiger charge is -2.25. The molecule has 0 aliphatic rings. The van der Waals surface area contributed by atoms with E-state index in [0.29, 0.717) is 0 Å². The van der Waals surface area contributed by atoms with Gasteiger partial charge in [-0.15, -0.1) is 0 Å². The van der Waals surface area contributed by atoms with Crippen LogP contribution in [0.4, 0.5) is 0 Å². The van der Waals surface area contributed by atoms with Gasteiger partial charge >= 0.3 is 0 Å². The smallest absolute Gasteiger partial charge is 0.0272 e. The number of rotatable bonds is 3. The Labute approximate surface area is 66.0 Å². The molecule has 60 valence electrons. The summed E-state index contributed by atoms with van der Waals surface area (Å²) in [4.78, 5) is 0. The largest absolute Gasteiger partial charge is 0.0617 e. The van der Waals surface area contributed by atoms with Crippen molar-refractivity contribution in [2.45, 2.75) is 41.5 Å². The molecule has 0 N–H and O–H groups in total. The van der Waals surface area contributed by atoms with Crippen LogP contribution in [0.5, 0.6) is 0 Å². The van der Waals surface area contributed by atoms with Crippen molar-refractivity contribution in [2.24, 2.45) is 11.8 Å². The highest BCUT2D eigenvalue weighted by atomic mass is 14.2. The fourth-order valence-electron chi connectivity index (χ4n) is 1.00. The van der Waals surface area contributed by atoms with Gasteiger partial charge in [0.1, 0.15) is 0 Å². The molecule has 10 heavy (non-hydrogen) atoms. The lowest BCUT2D eigenvalue weighted by molar-refractivity contribution is 0.419. The Bertz CT molecular complexity index is 70.0. The minimum Gasteiger partial charge on any atom is -0.0617 e. The van der Waals surface area contributed by atoms with E-state index in [1.807, 2.05) is 0 Å². The van der Waals surface area contributed by atoms with E-state index in [4.69, 9.17) is 0 Å². The minimum absolute atomic E-state index is 0.741. The first kappa shape index (κ1) is 10.0. The van der Waals surface area contributed by atoms with E-state index < -0.39 is 0 Å². The lowest BCUT2D eigenvalue weighted by Crippen LogP contribution is -2.16. The zero-order valence-corrected chi connectivity index (χ0v) is 8.15. The first-order valence-electron chi connectivity index (χ1n) is 4.07. The predicted molar refractivity (Wildman–Crippen MR) is 47.5 cm³/mol. The van der Waals surface area contributed by atoms with Crippen LogP contribution in [-0.2, 0) is 0 Å². The Morgan fingerprint density at radius 2 is 0.900 bits per heavy atom. The summed E-state index contributed by atoms with van der Waals surface area (Å²) >= 11 is 0. The molecular weight excluding hydrogens is 120 g/mol. The van der Waals surface area contributed by atoms with E-state index in [1.165, 1.54) is 11.8 Å². The number of hydrogen-bond acceptors (Lipinski definition) is 0. The van der Waals surface area contributed by atoms with E-state index in [1.54, 1.807) is 0 Å². The summed E-state index contributed by atoms with van der Waals surface area (Å²) in [5, 5.41) is 0. The van der Waals surface area contributed by atoms with Crippen LogP contribution in [0.2, 0.25) is 0 Å². The third-order valence-corrected chi connectivity index (χ3v) is 2.57. The van der Waals surface area contributed by atoms with Crippen LogP contribution >= 0.6 is 0 Å². The van der Waals surface area contributed by atoms with Gasteiger partial charge in [0, 0.05) is 0 Å². The average molecular weight is 140 g/mol. The standard InChI is InChI=1S/C10H20/c1-7(2)9(5)10(6)8(3)4/h9-10H,1-6H3. The van der Waals surface area contributed by atoms with Crippen LogP contribution in [0, 0.1) is 23.7 Å². The van der Waals surface area contributed by atoms with E-state index >= 15 is 0 Å². The highest BCUT2D eigenvalue weighted by molar-refractivity contribution is 4.96. The van der Waals surface area contributed by atoms with Crippen molar-refractivity contribution < 1.29 is 0 Å². The maximum Gasteiger partial charge on any atom is -0.0272 e. The lowest BCUT2D eigenvalue weighted by atomic mass is 9.80. The summed E-state index contributed by atoms with van der Waals surface area (Å²) in [6, 6.07) is 0. The molecule has 0 aliphatic carbocycles. The van der Waals surface area contributed by atoms with Gasteiger partial charge in [-0.25, -0.2) is 0 Å². The Hall–Kier alpha value is 0. The maximum atomic E-state index is 2.30. The Morgan fingerprint density at radius 3 is 1.00 bits per heavy atom.